The van der Waals surface area contributed by atoms with Gasteiger partial charge < -0.3 is 11.1 Å². The van der Waals surface area contributed by atoms with Gasteiger partial charge in [-0.05, 0) is 43.7 Å². The van der Waals surface area contributed by atoms with Crippen LogP contribution in [0.5, 0.6) is 0 Å². The summed E-state index contributed by atoms with van der Waals surface area (Å²) in [4.78, 5) is 21.8. The molecule has 10 heteroatoms. The van der Waals surface area contributed by atoms with Gasteiger partial charge in [0.25, 0.3) is 11.7 Å². The molecule has 2 aromatic heterocycles. The normalized spacial score (nSPS) is 11.1. The Kier molecular flexibility index (Phi) is 6.04. The number of aryl methyl sites for hydroxylation is 2. The van der Waals surface area contributed by atoms with E-state index < -0.39 is 0 Å². The molecule has 7 nitrogen and oxygen atoms in total. The Morgan fingerprint density at radius 3 is 2.58 bits per heavy atom. The van der Waals surface area contributed by atoms with Crippen molar-refractivity contribution in [3.63, 3.8) is 0 Å². The van der Waals surface area contributed by atoms with Crippen molar-refractivity contribution in [1.82, 2.24) is 19.6 Å². The monoisotopic (exact) mass is 472 g/mol. The van der Waals surface area contributed by atoms with Gasteiger partial charge in [-0.3, -0.25) is 4.79 Å². The van der Waals surface area contributed by atoms with Crippen LogP contribution in [0, 0.1) is 13.8 Å². The molecule has 2 heterocycles. The highest BCUT2D eigenvalue weighted by Crippen LogP contribution is 2.31. The fourth-order valence-corrected chi connectivity index (χ4v) is 4.38. The smallest absolute Gasteiger partial charge is 0.255 e. The molecule has 0 bridgehead atoms. The van der Waals surface area contributed by atoms with Crippen molar-refractivity contribution in [2.24, 2.45) is 0 Å². The van der Waals surface area contributed by atoms with Gasteiger partial charge in [-0.25, -0.2) is 9.50 Å². The first-order valence-electron chi connectivity index (χ1n) is 9.29. The topological polar surface area (TPSA) is 98.2 Å². The Bertz CT molecular complexity index is 1280. The third-order valence-electron chi connectivity index (χ3n) is 4.55. The molecule has 0 radical (unpaired) electrons. The average molecular weight is 473 g/mol. The number of amides is 1. The van der Waals surface area contributed by atoms with Crippen molar-refractivity contribution in [3.8, 4) is 0 Å². The lowest BCUT2D eigenvalue weighted by molar-refractivity contribution is 0.102. The lowest BCUT2D eigenvalue weighted by atomic mass is 10.1. The number of anilines is 2. The highest BCUT2D eigenvalue weighted by Gasteiger charge is 2.15. The second kappa shape index (κ2) is 8.74. The Labute approximate surface area is 193 Å². The van der Waals surface area contributed by atoms with Crippen molar-refractivity contribution in [2.75, 3.05) is 11.1 Å². The fourth-order valence-electron chi connectivity index (χ4n) is 3.07. The predicted octanol–water partition coefficient (Wildman–Crippen LogP) is 5.17. The summed E-state index contributed by atoms with van der Waals surface area (Å²) < 4.78 is 1.71. The number of rotatable bonds is 5. The van der Waals surface area contributed by atoms with Crippen LogP contribution in [0.3, 0.4) is 0 Å². The van der Waals surface area contributed by atoms with E-state index in [4.69, 9.17) is 28.9 Å². The molecule has 158 valence electrons. The van der Waals surface area contributed by atoms with Gasteiger partial charge >= 0.3 is 0 Å². The summed E-state index contributed by atoms with van der Waals surface area (Å²) in [6, 6.07) is 12.4. The maximum Gasteiger partial charge on any atom is 0.255 e. The predicted molar refractivity (Wildman–Crippen MR) is 125 cm³/mol. The van der Waals surface area contributed by atoms with Crippen LogP contribution in [-0.2, 0) is 5.75 Å². The molecule has 0 spiro atoms. The molecule has 0 unspecified atom stereocenters. The molecule has 1 amide bonds. The van der Waals surface area contributed by atoms with E-state index in [2.05, 4.69) is 20.4 Å². The largest absolute Gasteiger partial charge is 0.396 e. The zero-order valence-corrected chi connectivity index (χ0v) is 19.0. The van der Waals surface area contributed by atoms with Crippen molar-refractivity contribution in [3.05, 3.63) is 75.0 Å². The average Bonchev–Trinajstić information content (AvgIpc) is 3.14. The minimum absolute atomic E-state index is 0.274. The summed E-state index contributed by atoms with van der Waals surface area (Å²) in [6.45, 7) is 3.88. The zero-order valence-electron chi connectivity index (χ0n) is 16.7. The molecule has 2 aromatic carbocycles. The summed E-state index contributed by atoms with van der Waals surface area (Å²) in [7, 11) is 0. The molecular formula is C21H18Cl2N6OS. The molecule has 0 saturated heterocycles. The highest BCUT2D eigenvalue weighted by molar-refractivity contribution is 7.98. The first-order chi connectivity index (χ1) is 14.8. The standard InChI is InChI=1S/C21H18Cl2N6OS/c1-11-7-12(2)29-20(25-11)27-21(28-29)31-10-13-5-3-4-6-15(13)19(30)26-14-8-16(22)18(24)17(23)9-14/h3-9H,10,24H2,1-2H3,(H,26,30). The number of carbonyl (C=O) groups is 1. The number of nitrogens with two attached hydrogens (primary N) is 1. The molecule has 4 aromatic rings. The van der Waals surface area contributed by atoms with Crippen LogP contribution >= 0.6 is 35.0 Å². The summed E-state index contributed by atoms with van der Waals surface area (Å²) in [5.74, 6) is 0.800. The molecule has 0 fully saturated rings. The van der Waals surface area contributed by atoms with Gasteiger partial charge in [0.05, 0.1) is 15.7 Å². The number of halogens is 2. The fraction of sp³-hybridized carbons (Fsp3) is 0.143. The Hall–Kier alpha value is -2.81. The van der Waals surface area contributed by atoms with Gasteiger partial charge in [0.15, 0.2) is 0 Å². The van der Waals surface area contributed by atoms with E-state index in [0.717, 1.165) is 17.0 Å². The maximum atomic E-state index is 12.9. The molecule has 3 N–H and O–H groups in total. The number of nitrogens with zero attached hydrogens (tertiary/aromatic N) is 4. The zero-order chi connectivity index (χ0) is 22.1. The number of benzene rings is 2. The van der Waals surface area contributed by atoms with Crippen LogP contribution in [0.15, 0.2) is 47.6 Å². The lowest BCUT2D eigenvalue weighted by Crippen LogP contribution is -2.14. The number of carbonyl (C=O) groups excluding carboxylic acids is 1. The Morgan fingerprint density at radius 1 is 1.13 bits per heavy atom. The number of fused-ring (bicyclic) bond motifs is 1. The van der Waals surface area contributed by atoms with Crippen LogP contribution in [0.2, 0.25) is 10.0 Å². The minimum atomic E-state index is -0.274. The lowest BCUT2D eigenvalue weighted by Gasteiger charge is -2.11. The van der Waals surface area contributed by atoms with Crippen molar-refractivity contribution in [2.45, 2.75) is 24.8 Å². The summed E-state index contributed by atoms with van der Waals surface area (Å²) in [5.41, 5.74) is 9.73. The molecule has 0 aliphatic heterocycles. The first kappa shape index (κ1) is 21.4. The van der Waals surface area contributed by atoms with Crippen LogP contribution < -0.4 is 11.1 Å². The number of aromatic nitrogens is 4. The molecular weight excluding hydrogens is 455 g/mol. The number of thioether (sulfide) groups is 1. The molecule has 0 aliphatic rings. The van der Waals surface area contributed by atoms with Gasteiger partial charge in [0.2, 0.25) is 5.16 Å². The highest BCUT2D eigenvalue weighted by atomic mass is 35.5. The first-order valence-corrected chi connectivity index (χ1v) is 11.0. The van der Waals surface area contributed by atoms with Crippen molar-refractivity contribution < 1.29 is 4.79 Å². The molecule has 31 heavy (non-hydrogen) atoms. The van der Waals surface area contributed by atoms with Crippen LogP contribution in [0.25, 0.3) is 5.78 Å². The molecule has 0 saturated carbocycles. The summed E-state index contributed by atoms with van der Waals surface area (Å²) >= 11 is 13.6. The van der Waals surface area contributed by atoms with Gasteiger partial charge in [-0.2, -0.15) is 4.98 Å². The van der Waals surface area contributed by atoms with E-state index in [1.165, 1.54) is 11.8 Å². The van der Waals surface area contributed by atoms with Crippen LogP contribution in [0.1, 0.15) is 27.3 Å². The van der Waals surface area contributed by atoms with Crippen molar-refractivity contribution in [1.29, 1.82) is 0 Å². The number of hydrogen-bond acceptors (Lipinski definition) is 6. The van der Waals surface area contributed by atoms with Gasteiger partial charge in [-0.15, -0.1) is 5.10 Å². The van der Waals surface area contributed by atoms with Gasteiger partial charge in [-0.1, -0.05) is 53.2 Å². The second-order valence-corrected chi connectivity index (χ2v) is 8.66. The number of nitrogen functional groups attached to an aromatic ring is 1. The van der Waals surface area contributed by atoms with E-state index in [-0.39, 0.29) is 21.6 Å². The van der Waals surface area contributed by atoms with Crippen LogP contribution in [0.4, 0.5) is 11.4 Å². The van der Waals surface area contributed by atoms with E-state index in [1.54, 1.807) is 22.7 Å². The maximum absolute atomic E-state index is 12.9. The SMILES string of the molecule is Cc1cc(C)n2nc(SCc3ccccc3C(=O)Nc3cc(Cl)c(N)c(Cl)c3)nc2n1. The molecule has 0 atom stereocenters. The van der Waals surface area contributed by atoms with E-state index in [9.17, 15) is 4.79 Å². The van der Waals surface area contributed by atoms with Gasteiger partial charge in [0, 0.05) is 28.4 Å². The van der Waals surface area contributed by atoms with Crippen molar-refractivity contribution >= 4 is 58.0 Å². The van der Waals surface area contributed by atoms with E-state index in [0.29, 0.717) is 27.9 Å². The Balaban J connectivity index is 1.53. The molecule has 0 aliphatic carbocycles. The number of hydrogen-bond donors (Lipinski definition) is 2. The van der Waals surface area contributed by atoms with E-state index in [1.807, 2.05) is 38.1 Å². The second-order valence-electron chi connectivity index (χ2n) is 6.90. The summed E-state index contributed by atoms with van der Waals surface area (Å²) in [6.07, 6.45) is 0. The molecule has 4 rings (SSSR count). The summed E-state index contributed by atoms with van der Waals surface area (Å²) in [5, 5.41) is 8.48. The third kappa shape index (κ3) is 4.61. The third-order valence-corrected chi connectivity index (χ3v) is 6.07. The minimum Gasteiger partial charge on any atom is -0.396 e. The van der Waals surface area contributed by atoms with Crippen LogP contribution in [-0.4, -0.2) is 25.5 Å². The quantitative estimate of drug-likeness (QED) is 0.306. The van der Waals surface area contributed by atoms with Gasteiger partial charge in [0.1, 0.15) is 0 Å². The van der Waals surface area contributed by atoms with E-state index >= 15 is 0 Å². The Morgan fingerprint density at radius 2 is 1.84 bits per heavy atom. The number of nitrogens with one attached hydrogen (secondary N) is 1.